The Morgan fingerprint density at radius 3 is 2.55 bits per heavy atom. The number of hydrogen-bond donors (Lipinski definition) is 1. The average Bonchev–Trinajstić information content (AvgIpc) is 2.03. The van der Waals surface area contributed by atoms with Gasteiger partial charge in [-0.2, -0.15) is 0 Å². The summed E-state index contributed by atoms with van der Waals surface area (Å²) in [5.74, 6) is 0. The maximum Gasteiger partial charge on any atom is 0.106 e. The van der Waals surface area contributed by atoms with E-state index >= 15 is 0 Å². The first-order chi connectivity index (χ1) is 5.29. The predicted molar refractivity (Wildman–Crippen MR) is 44.6 cm³/mol. The molecule has 1 unspecified atom stereocenters. The van der Waals surface area contributed by atoms with Crippen molar-refractivity contribution < 1.29 is 4.74 Å². The maximum atomic E-state index is 5.31. The summed E-state index contributed by atoms with van der Waals surface area (Å²) in [6.07, 6.45) is -0.435. The standard InChI is InChI=1S/C9H12NO/c1-8(10)11-7-9-5-3-2-4-6-9/h2-6,8H,1,7,10H2. The van der Waals surface area contributed by atoms with Crippen molar-refractivity contribution in [3.63, 3.8) is 0 Å². The molecule has 2 nitrogen and oxygen atoms in total. The van der Waals surface area contributed by atoms with Crippen LogP contribution in [0.25, 0.3) is 0 Å². The summed E-state index contributed by atoms with van der Waals surface area (Å²) in [6, 6.07) is 9.87. The molecule has 0 bridgehead atoms. The zero-order valence-corrected chi connectivity index (χ0v) is 6.36. The molecule has 0 amide bonds. The summed E-state index contributed by atoms with van der Waals surface area (Å²) < 4.78 is 5.09. The van der Waals surface area contributed by atoms with Crippen molar-refractivity contribution in [1.82, 2.24) is 0 Å². The molecule has 0 aromatic heterocycles. The zero-order valence-electron chi connectivity index (χ0n) is 6.36. The predicted octanol–water partition coefficient (Wildman–Crippen LogP) is 1.32. The minimum atomic E-state index is -0.435. The molecular weight excluding hydrogens is 138 g/mol. The van der Waals surface area contributed by atoms with Gasteiger partial charge in [0.25, 0.3) is 0 Å². The van der Waals surface area contributed by atoms with Gasteiger partial charge in [-0.1, -0.05) is 30.3 Å². The molecule has 0 fully saturated rings. The van der Waals surface area contributed by atoms with E-state index in [1.165, 1.54) is 0 Å². The van der Waals surface area contributed by atoms with Crippen LogP contribution in [-0.2, 0) is 11.3 Å². The van der Waals surface area contributed by atoms with Crippen LogP contribution in [0.2, 0.25) is 0 Å². The van der Waals surface area contributed by atoms with Crippen LogP contribution < -0.4 is 5.73 Å². The Morgan fingerprint density at radius 2 is 2.00 bits per heavy atom. The van der Waals surface area contributed by atoms with Crippen molar-refractivity contribution in [2.24, 2.45) is 5.73 Å². The highest BCUT2D eigenvalue weighted by atomic mass is 16.5. The van der Waals surface area contributed by atoms with Gasteiger partial charge >= 0.3 is 0 Å². The van der Waals surface area contributed by atoms with E-state index in [4.69, 9.17) is 10.5 Å². The van der Waals surface area contributed by atoms with Crippen LogP contribution in [0.3, 0.4) is 0 Å². The monoisotopic (exact) mass is 150 g/mol. The van der Waals surface area contributed by atoms with Crippen LogP contribution in [0.5, 0.6) is 0 Å². The second kappa shape index (κ2) is 4.11. The third-order valence-corrected chi connectivity index (χ3v) is 1.31. The summed E-state index contributed by atoms with van der Waals surface area (Å²) in [4.78, 5) is 0. The molecule has 1 aromatic carbocycles. The van der Waals surface area contributed by atoms with Crippen LogP contribution in [0, 0.1) is 6.92 Å². The molecule has 2 N–H and O–H groups in total. The van der Waals surface area contributed by atoms with E-state index in [1.54, 1.807) is 0 Å². The fourth-order valence-electron chi connectivity index (χ4n) is 0.777. The van der Waals surface area contributed by atoms with Gasteiger partial charge in [0, 0.05) is 0 Å². The molecule has 11 heavy (non-hydrogen) atoms. The lowest BCUT2D eigenvalue weighted by atomic mass is 10.2. The number of rotatable bonds is 3. The minimum Gasteiger partial charge on any atom is -0.359 e. The third kappa shape index (κ3) is 3.16. The summed E-state index contributed by atoms with van der Waals surface area (Å²) in [5, 5.41) is 0. The number of hydrogen-bond acceptors (Lipinski definition) is 2. The van der Waals surface area contributed by atoms with E-state index in [9.17, 15) is 0 Å². The third-order valence-electron chi connectivity index (χ3n) is 1.31. The van der Waals surface area contributed by atoms with Gasteiger partial charge in [-0.05, 0) is 12.5 Å². The molecule has 0 heterocycles. The fourth-order valence-corrected chi connectivity index (χ4v) is 0.777. The van der Waals surface area contributed by atoms with Crippen LogP contribution in [0.1, 0.15) is 5.56 Å². The summed E-state index contributed by atoms with van der Waals surface area (Å²) in [5.41, 5.74) is 6.42. The van der Waals surface area contributed by atoms with Gasteiger partial charge in [0.05, 0.1) is 6.61 Å². The molecule has 0 aliphatic carbocycles. The van der Waals surface area contributed by atoms with E-state index in [2.05, 4.69) is 6.92 Å². The van der Waals surface area contributed by atoms with Crippen LogP contribution >= 0.6 is 0 Å². The maximum absolute atomic E-state index is 5.31. The van der Waals surface area contributed by atoms with E-state index in [0.717, 1.165) is 5.56 Å². The highest BCUT2D eigenvalue weighted by Gasteiger charge is 1.93. The average molecular weight is 150 g/mol. The lowest BCUT2D eigenvalue weighted by molar-refractivity contribution is 0.0745. The Kier molecular flexibility index (Phi) is 3.08. The smallest absolute Gasteiger partial charge is 0.106 e. The van der Waals surface area contributed by atoms with Gasteiger partial charge in [0.2, 0.25) is 0 Å². The molecule has 1 aromatic rings. The fraction of sp³-hybridized carbons (Fsp3) is 0.222. The first-order valence-corrected chi connectivity index (χ1v) is 3.53. The van der Waals surface area contributed by atoms with Gasteiger partial charge < -0.3 is 10.5 Å². The van der Waals surface area contributed by atoms with E-state index < -0.39 is 6.23 Å². The highest BCUT2D eigenvalue weighted by molar-refractivity contribution is 5.13. The number of benzene rings is 1. The topological polar surface area (TPSA) is 35.2 Å². The van der Waals surface area contributed by atoms with Crippen molar-refractivity contribution in [2.75, 3.05) is 0 Å². The van der Waals surface area contributed by atoms with E-state index in [1.807, 2.05) is 30.3 Å². The van der Waals surface area contributed by atoms with Crippen molar-refractivity contribution in [2.45, 2.75) is 12.8 Å². The second-order valence-corrected chi connectivity index (χ2v) is 2.34. The Hall–Kier alpha value is -0.860. The molecule has 0 saturated heterocycles. The van der Waals surface area contributed by atoms with Crippen LogP contribution in [-0.4, -0.2) is 6.23 Å². The number of nitrogens with two attached hydrogens (primary N) is 1. The summed E-state index contributed by atoms with van der Waals surface area (Å²) in [6.45, 7) is 4.04. The van der Waals surface area contributed by atoms with Gasteiger partial charge in [0.1, 0.15) is 6.23 Å². The quantitative estimate of drug-likeness (QED) is 0.659. The minimum absolute atomic E-state index is 0.435. The van der Waals surface area contributed by atoms with Gasteiger partial charge in [-0.3, -0.25) is 0 Å². The molecule has 0 aliphatic rings. The Morgan fingerprint density at radius 1 is 1.36 bits per heavy atom. The van der Waals surface area contributed by atoms with Crippen LogP contribution in [0.4, 0.5) is 0 Å². The molecule has 0 aliphatic heterocycles. The normalized spacial score (nSPS) is 12.9. The molecule has 1 radical (unpaired) electrons. The Labute approximate surface area is 67.0 Å². The molecule has 1 rings (SSSR count). The van der Waals surface area contributed by atoms with Gasteiger partial charge in [-0.25, -0.2) is 0 Å². The van der Waals surface area contributed by atoms with Crippen molar-refractivity contribution in [1.29, 1.82) is 0 Å². The lowest BCUT2D eigenvalue weighted by Crippen LogP contribution is -2.19. The SMILES string of the molecule is [CH2]C(N)OCc1ccccc1. The molecule has 1 atom stereocenters. The highest BCUT2D eigenvalue weighted by Crippen LogP contribution is 2.00. The van der Waals surface area contributed by atoms with Crippen molar-refractivity contribution >= 4 is 0 Å². The first-order valence-electron chi connectivity index (χ1n) is 3.53. The lowest BCUT2D eigenvalue weighted by Gasteiger charge is -2.06. The Bertz CT molecular complexity index is 196. The van der Waals surface area contributed by atoms with Crippen LogP contribution in [0.15, 0.2) is 30.3 Å². The molecule has 2 heteroatoms. The second-order valence-electron chi connectivity index (χ2n) is 2.34. The molecule has 0 spiro atoms. The van der Waals surface area contributed by atoms with Gasteiger partial charge in [0.15, 0.2) is 0 Å². The first kappa shape index (κ1) is 8.24. The van der Waals surface area contributed by atoms with Crippen molar-refractivity contribution in [3.05, 3.63) is 42.8 Å². The van der Waals surface area contributed by atoms with Crippen molar-refractivity contribution in [3.8, 4) is 0 Å². The molecule has 59 valence electrons. The Balaban J connectivity index is 2.39. The zero-order chi connectivity index (χ0) is 8.10. The van der Waals surface area contributed by atoms with Gasteiger partial charge in [-0.15, -0.1) is 0 Å². The summed E-state index contributed by atoms with van der Waals surface area (Å²) in [7, 11) is 0. The molecule has 0 saturated carbocycles. The van der Waals surface area contributed by atoms with E-state index in [0.29, 0.717) is 6.61 Å². The summed E-state index contributed by atoms with van der Waals surface area (Å²) >= 11 is 0. The van der Waals surface area contributed by atoms with E-state index in [-0.39, 0.29) is 0 Å². The molecular formula is C9H12NO. The number of ether oxygens (including phenoxy) is 1. The largest absolute Gasteiger partial charge is 0.359 e.